The molecule has 2 rings (SSSR count). The Kier molecular flexibility index (Phi) is 3.33. The summed E-state index contributed by atoms with van der Waals surface area (Å²) in [5, 5.41) is 3.53. The molecule has 0 bridgehead atoms. The molecule has 3 nitrogen and oxygen atoms in total. The highest BCUT2D eigenvalue weighted by Gasteiger charge is 2.40. The molecule has 0 saturated carbocycles. The minimum Gasteiger partial charge on any atom is -0.378 e. The van der Waals surface area contributed by atoms with Crippen LogP contribution in [0, 0.1) is 5.92 Å². The zero-order chi connectivity index (χ0) is 10.9. The van der Waals surface area contributed by atoms with E-state index >= 15 is 0 Å². The van der Waals surface area contributed by atoms with Crippen molar-refractivity contribution in [3.05, 3.63) is 0 Å². The smallest absolute Gasteiger partial charge is 0.0645 e. The van der Waals surface area contributed by atoms with Crippen LogP contribution in [0.5, 0.6) is 0 Å². The number of morpholine rings is 1. The summed E-state index contributed by atoms with van der Waals surface area (Å²) in [6.07, 6.45) is 1.28. The maximum atomic E-state index is 5.58. The molecule has 2 heterocycles. The van der Waals surface area contributed by atoms with Crippen LogP contribution >= 0.6 is 0 Å². The highest BCUT2D eigenvalue weighted by atomic mass is 16.5. The molecule has 0 spiro atoms. The predicted octanol–water partition coefficient (Wildman–Crippen LogP) is 1.10. The van der Waals surface area contributed by atoms with E-state index in [1.165, 1.54) is 13.0 Å². The van der Waals surface area contributed by atoms with Crippen molar-refractivity contribution in [3.63, 3.8) is 0 Å². The number of ether oxygens (including phenoxy) is 1. The Morgan fingerprint density at radius 2 is 2.20 bits per heavy atom. The van der Waals surface area contributed by atoms with Gasteiger partial charge < -0.3 is 10.1 Å². The third-order valence-electron chi connectivity index (χ3n) is 3.94. The van der Waals surface area contributed by atoms with Gasteiger partial charge in [0.25, 0.3) is 0 Å². The van der Waals surface area contributed by atoms with Gasteiger partial charge >= 0.3 is 0 Å². The minimum absolute atomic E-state index is 0.211. The average Bonchev–Trinajstić information content (AvgIpc) is 2.64. The summed E-state index contributed by atoms with van der Waals surface area (Å²) in [4.78, 5) is 2.66. The Labute approximate surface area is 93.2 Å². The van der Waals surface area contributed by atoms with Gasteiger partial charge in [-0.2, -0.15) is 0 Å². The van der Waals surface area contributed by atoms with Crippen LogP contribution in [0.15, 0.2) is 0 Å². The Morgan fingerprint density at radius 3 is 2.87 bits per heavy atom. The Balaban J connectivity index is 2.07. The number of hydrogen-bond donors (Lipinski definition) is 1. The lowest BCUT2D eigenvalue weighted by Gasteiger charge is -2.47. The van der Waals surface area contributed by atoms with Gasteiger partial charge in [0, 0.05) is 24.7 Å². The summed E-state index contributed by atoms with van der Waals surface area (Å²) in [5.41, 5.74) is 0.211. The fraction of sp³-hybridized carbons (Fsp3) is 1.00. The van der Waals surface area contributed by atoms with Crippen LogP contribution in [0.25, 0.3) is 0 Å². The lowest BCUT2D eigenvalue weighted by molar-refractivity contribution is -0.0759. The fourth-order valence-electron chi connectivity index (χ4n) is 2.99. The van der Waals surface area contributed by atoms with Gasteiger partial charge in [-0.25, -0.2) is 0 Å². The van der Waals surface area contributed by atoms with Gasteiger partial charge in [0.05, 0.1) is 13.2 Å². The van der Waals surface area contributed by atoms with Gasteiger partial charge in [-0.15, -0.1) is 0 Å². The zero-order valence-electron chi connectivity index (χ0n) is 10.3. The number of hydrogen-bond acceptors (Lipinski definition) is 3. The van der Waals surface area contributed by atoms with Crippen molar-refractivity contribution in [3.8, 4) is 0 Å². The van der Waals surface area contributed by atoms with E-state index in [0.29, 0.717) is 6.04 Å². The molecule has 0 aliphatic carbocycles. The summed E-state index contributed by atoms with van der Waals surface area (Å²) in [7, 11) is 0. The molecule has 88 valence electrons. The van der Waals surface area contributed by atoms with E-state index in [1.54, 1.807) is 0 Å². The van der Waals surface area contributed by atoms with Crippen LogP contribution < -0.4 is 5.32 Å². The first-order chi connectivity index (χ1) is 7.15. The van der Waals surface area contributed by atoms with E-state index in [4.69, 9.17) is 4.74 Å². The molecule has 2 atom stereocenters. The first kappa shape index (κ1) is 11.4. The highest BCUT2D eigenvalue weighted by Crippen LogP contribution is 2.28. The van der Waals surface area contributed by atoms with Gasteiger partial charge in [-0.3, -0.25) is 4.90 Å². The standard InChI is InChI=1S/C12H24N2O/c1-4-10-7-13-8-11(10)14-5-6-15-9-12(14,2)3/h10-11,13H,4-9H2,1-3H3. The molecular formula is C12H24N2O. The van der Waals surface area contributed by atoms with E-state index in [0.717, 1.165) is 32.2 Å². The van der Waals surface area contributed by atoms with Crippen LogP contribution in [0.4, 0.5) is 0 Å². The summed E-state index contributed by atoms with van der Waals surface area (Å²) in [6.45, 7) is 12.1. The highest BCUT2D eigenvalue weighted by molar-refractivity contribution is 4.96. The predicted molar refractivity (Wildman–Crippen MR) is 62.0 cm³/mol. The lowest BCUT2D eigenvalue weighted by Crippen LogP contribution is -2.59. The summed E-state index contributed by atoms with van der Waals surface area (Å²) >= 11 is 0. The zero-order valence-corrected chi connectivity index (χ0v) is 10.3. The molecule has 0 amide bonds. The Hall–Kier alpha value is -0.120. The van der Waals surface area contributed by atoms with Crippen molar-refractivity contribution < 1.29 is 4.74 Å². The second-order valence-electron chi connectivity index (χ2n) is 5.45. The SMILES string of the molecule is CCC1CNCC1N1CCOCC1(C)C. The topological polar surface area (TPSA) is 24.5 Å². The summed E-state index contributed by atoms with van der Waals surface area (Å²) in [6, 6.07) is 0.717. The first-order valence-electron chi connectivity index (χ1n) is 6.20. The van der Waals surface area contributed by atoms with Crippen molar-refractivity contribution in [2.24, 2.45) is 5.92 Å². The Morgan fingerprint density at radius 1 is 1.40 bits per heavy atom. The van der Waals surface area contributed by atoms with E-state index in [9.17, 15) is 0 Å². The van der Waals surface area contributed by atoms with Crippen LogP contribution in [-0.2, 0) is 4.74 Å². The first-order valence-corrected chi connectivity index (χ1v) is 6.20. The van der Waals surface area contributed by atoms with Crippen LogP contribution in [0.3, 0.4) is 0 Å². The second kappa shape index (κ2) is 4.40. The second-order valence-corrected chi connectivity index (χ2v) is 5.45. The molecule has 3 heteroatoms. The third-order valence-corrected chi connectivity index (χ3v) is 3.94. The molecule has 2 aliphatic rings. The molecule has 15 heavy (non-hydrogen) atoms. The van der Waals surface area contributed by atoms with E-state index in [-0.39, 0.29) is 5.54 Å². The van der Waals surface area contributed by atoms with Crippen LogP contribution in [-0.4, -0.2) is 49.3 Å². The third kappa shape index (κ3) is 2.19. The van der Waals surface area contributed by atoms with Gasteiger partial charge in [0.15, 0.2) is 0 Å². The monoisotopic (exact) mass is 212 g/mol. The molecule has 0 radical (unpaired) electrons. The van der Waals surface area contributed by atoms with Crippen LogP contribution in [0.2, 0.25) is 0 Å². The molecule has 2 saturated heterocycles. The maximum absolute atomic E-state index is 5.58. The van der Waals surface area contributed by atoms with E-state index in [2.05, 4.69) is 31.0 Å². The molecule has 2 unspecified atom stereocenters. The van der Waals surface area contributed by atoms with Crippen LogP contribution in [0.1, 0.15) is 27.2 Å². The summed E-state index contributed by atoms with van der Waals surface area (Å²) in [5.74, 6) is 0.822. The lowest BCUT2D eigenvalue weighted by atomic mass is 9.93. The van der Waals surface area contributed by atoms with Gasteiger partial charge in [0.2, 0.25) is 0 Å². The minimum atomic E-state index is 0.211. The molecule has 2 aliphatic heterocycles. The van der Waals surface area contributed by atoms with Crippen molar-refractivity contribution >= 4 is 0 Å². The van der Waals surface area contributed by atoms with Gasteiger partial charge in [-0.1, -0.05) is 13.3 Å². The van der Waals surface area contributed by atoms with Crippen molar-refractivity contribution in [1.82, 2.24) is 10.2 Å². The average molecular weight is 212 g/mol. The maximum Gasteiger partial charge on any atom is 0.0645 e. The van der Waals surface area contributed by atoms with Crippen molar-refractivity contribution in [1.29, 1.82) is 0 Å². The Bertz CT molecular complexity index is 218. The van der Waals surface area contributed by atoms with Crippen molar-refractivity contribution in [2.75, 3.05) is 32.8 Å². The largest absolute Gasteiger partial charge is 0.378 e. The molecule has 2 fully saturated rings. The molecular weight excluding hydrogens is 188 g/mol. The van der Waals surface area contributed by atoms with Gasteiger partial charge in [0.1, 0.15) is 0 Å². The molecule has 0 aromatic rings. The van der Waals surface area contributed by atoms with E-state index < -0.39 is 0 Å². The molecule has 1 N–H and O–H groups in total. The number of nitrogens with one attached hydrogen (secondary N) is 1. The van der Waals surface area contributed by atoms with Gasteiger partial charge in [-0.05, 0) is 26.3 Å². The number of rotatable bonds is 2. The fourth-order valence-corrected chi connectivity index (χ4v) is 2.99. The summed E-state index contributed by atoms with van der Waals surface area (Å²) < 4.78 is 5.58. The molecule has 0 aromatic heterocycles. The van der Waals surface area contributed by atoms with E-state index in [1.807, 2.05) is 0 Å². The molecule has 0 aromatic carbocycles. The van der Waals surface area contributed by atoms with Crippen molar-refractivity contribution in [2.45, 2.75) is 38.8 Å². The quantitative estimate of drug-likeness (QED) is 0.742. The normalized spacial score (nSPS) is 37.0. The number of nitrogens with zero attached hydrogens (tertiary/aromatic N) is 1.